The number of carbonyl (C=O) groups excluding carboxylic acids is 3. The van der Waals surface area contributed by atoms with Crippen LogP contribution in [0.3, 0.4) is 0 Å². The van der Waals surface area contributed by atoms with Crippen LogP contribution in [0.15, 0.2) is 109 Å². The smallest absolute Gasteiger partial charge is 0.463 e. The van der Waals surface area contributed by atoms with Gasteiger partial charge in [-0.2, -0.15) is 0 Å². The standard InChI is InChI=1S/C69H118O16P2/c1-4-7-10-13-16-19-22-25-27-29-31-33-35-38-40-43-46-49-52-55-67(72)79-58-64(70)59-81-86(75,76)82-60-65(71)61-83-87(77,78)84-63-66(85-69(74)57-54-51-48-45-42-37-24-21-18-15-12-9-6-3)62-80-68(73)56-53-50-47-44-41-39-36-34-32-30-28-26-23-20-17-14-11-8-5-2/h7,10,12,15-17,19-21,24-28,31-34,64-66,70-71H,4-6,8-9,11,13-14,18,22-23,29-30,35-63H2,1-3H3,(H,75,76)(H,77,78)/b10-7-,15-12-,19-16-,20-17-,24-21-,27-25-,28-26-,33-31-,34-32-. The van der Waals surface area contributed by atoms with Crippen LogP contribution in [0.5, 0.6) is 0 Å². The summed E-state index contributed by atoms with van der Waals surface area (Å²) >= 11 is 0. The van der Waals surface area contributed by atoms with Crippen LogP contribution in [0.2, 0.25) is 0 Å². The molecule has 87 heavy (non-hydrogen) atoms. The third-order valence-electron chi connectivity index (χ3n) is 13.4. The number of ether oxygens (including phenoxy) is 3. The average molecular weight is 1270 g/mol. The van der Waals surface area contributed by atoms with Crippen LogP contribution in [0.1, 0.15) is 252 Å². The van der Waals surface area contributed by atoms with Crippen LogP contribution in [-0.2, 0) is 55.8 Å². The molecule has 0 heterocycles. The monoisotopic (exact) mass is 1260 g/mol. The summed E-state index contributed by atoms with van der Waals surface area (Å²) < 4.78 is 60.8. The third-order valence-corrected chi connectivity index (χ3v) is 15.3. The normalized spacial score (nSPS) is 15.0. The number of rotatable bonds is 62. The number of hydrogen-bond acceptors (Lipinski definition) is 14. The third kappa shape index (κ3) is 63.6. The van der Waals surface area contributed by atoms with Crippen LogP contribution in [0, 0.1) is 0 Å². The molecule has 5 atom stereocenters. The Kier molecular flexibility index (Phi) is 59.7. The highest BCUT2D eigenvalue weighted by atomic mass is 31.2. The Labute approximate surface area is 526 Å². The van der Waals surface area contributed by atoms with Gasteiger partial charge >= 0.3 is 33.6 Å². The Morgan fingerprint density at radius 2 is 0.632 bits per heavy atom. The Morgan fingerprint density at radius 3 is 1.01 bits per heavy atom. The number of aliphatic hydroxyl groups excluding tert-OH is 2. The fraction of sp³-hybridized carbons (Fsp3) is 0.696. The fourth-order valence-corrected chi connectivity index (χ4v) is 9.95. The lowest BCUT2D eigenvalue weighted by Gasteiger charge is -2.21. The van der Waals surface area contributed by atoms with Crippen molar-refractivity contribution in [1.82, 2.24) is 0 Å². The van der Waals surface area contributed by atoms with Crippen LogP contribution >= 0.6 is 15.6 Å². The average Bonchev–Trinajstić information content (AvgIpc) is 3.63. The van der Waals surface area contributed by atoms with Gasteiger partial charge in [-0.05, 0) is 122 Å². The first-order valence-corrected chi connectivity index (χ1v) is 36.2. The molecule has 500 valence electrons. The van der Waals surface area contributed by atoms with Crippen molar-refractivity contribution in [2.24, 2.45) is 0 Å². The zero-order valence-corrected chi connectivity index (χ0v) is 55.7. The van der Waals surface area contributed by atoms with Crippen molar-refractivity contribution in [2.75, 3.05) is 39.6 Å². The summed E-state index contributed by atoms with van der Waals surface area (Å²) in [7, 11) is -9.79. The lowest BCUT2D eigenvalue weighted by atomic mass is 10.1. The summed E-state index contributed by atoms with van der Waals surface area (Å²) in [6.07, 6.45) is 68.5. The van der Waals surface area contributed by atoms with Crippen molar-refractivity contribution in [1.29, 1.82) is 0 Å². The summed E-state index contributed by atoms with van der Waals surface area (Å²) in [6.45, 7) is 2.40. The van der Waals surface area contributed by atoms with Crippen molar-refractivity contribution in [3.05, 3.63) is 109 Å². The van der Waals surface area contributed by atoms with E-state index >= 15 is 0 Å². The second-order valence-electron chi connectivity index (χ2n) is 21.9. The maximum atomic E-state index is 12.9. The predicted molar refractivity (Wildman–Crippen MR) is 353 cm³/mol. The molecule has 0 fully saturated rings. The SMILES string of the molecule is CC/C=C\C/C=C\C/C=C\C/C=C\CCCCCCCCC(=O)OCC(O)COP(=O)(O)OCC(O)COP(=O)(O)OCC(COC(=O)CCCCCCCC/C=C\C/C=C\C/C=C\CCCCC)OC(=O)CCCCCCC/C=C\C/C=C\CCC. The number of aliphatic hydroxyl groups is 2. The Balaban J connectivity index is 4.69. The molecule has 0 rings (SSSR count). The second-order valence-corrected chi connectivity index (χ2v) is 24.8. The number of carbonyl (C=O) groups is 3. The van der Waals surface area contributed by atoms with Gasteiger partial charge in [-0.1, -0.05) is 220 Å². The summed E-state index contributed by atoms with van der Waals surface area (Å²) in [6, 6.07) is 0. The molecule has 0 aliphatic carbocycles. The number of phosphoric acid groups is 2. The van der Waals surface area contributed by atoms with E-state index in [2.05, 4.69) is 130 Å². The lowest BCUT2D eigenvalue weighted by Crippen LogP contribution is -2.30. The first-order valence-electron chi connectivity index (χ1n) is 33.2. The molecule has 0 radical (unpaired) electrons. The molecule has 0 spiro atoms. The Morgan fingerprint density at radius 1 is 0.333 bits per heavy atom. The largest absolute Gasteiger partial charge is 0.472 e. The molecule has 0 bridgehead atoms. The molecule has 0 aliphatic heterocycles. The van der Waals surface area contributed by atoms with E-state index in [1.165, 1.54) is 19.3 Å². The maximum Gasteiger partial charge on any atom is 0.472 e. The van der Waals surface area contributed by atoms with Crippen LogP contribution < -0.4 is 0 Å². The molecule has 4 N–H and O–H groups in total. The molecule has 0 amide bonds. The molecule has 0 aromatic carbocycles. The molecular weight excluding hydrogens is 1150 g/mol. The van der Waals surface area contributed by atoms with E-state index < -0.39 is 91.5 Å². The zero-order chi connectivity index (χ0) is 63.8. The number of phosphoric ester groups is 2. The first kappa shape index (κ1) is 83.2. The van der Waals surface area contributed by atoms with Crippen molar-refractivity contribution in [3.8, 4) is 0 Å². The molecule has 0 saturated carbocycles. The van der Waals surface area contributed by atoms with Crippen LogP contribution in [0.4, 0.5) is 0 Å². The van der Waals surface area contributed by atoms with Gasteiger partial charge in [0.25, 0.3) is 0 Å². The number of allylic oxidation sites excluding steroid dienone is 18. The number of unbranched alkanes of at least 4 members (excludes halogenated alkanes) is 21. The lowest BCUT2D eigenvalue weighted by molar-refractivity contribution is -0.161. The molecule has 0 aromatic rings. The van der Waals surface area contributed by atoms with Gasteiger partial charge in [0.15, 0.2) is 6.10 Å². The topological polar surface area (TPSA) is 231 Å². The van der Waals surface area contributed by atoms with Crippen LogP contribution in [0.25, 0.3) is 0 Å². The minimum absolute atomic E-state index is 0.0830. The van der Waals surface area contributed by atoms with Gasteiger partial charge in [-0.3, -0.25) is 32.5 Å². The van der Waals surface area contributed by atoms with E-state index in [1.54, 1.807) is 0 Å². The summed E-state index contributed by atoms with van der Waals surface area (Å²) in [5.74, 6) is -1.62. The molecule has 0 saturated heterocycles. The Bertz CT molecular complexity index is 2030. The van der Waals surface area contributed by atoms with E-state index in [1.807, 2.05) is 0 Å². The fourth-order valence-electron chi connectivity index (χ4n) is 8.37. The van der Waals surface area contributed by atoms with Crippen molar-refractivity contribution >= 4 is 33.6 Å². The molecule has 18 heteroatoms. The van der Waals surface area contributed by atoms with Gasteiger partial charge < -0.3 is 34.2 Å². The quantitative estimate of drug-likeness (QED) is 0.0146. The molecule has 16 nitrogen and oxygen atoms in total. The zero-order valence-electron chi connectivity index (χ0n) is 53.9. The van der Waals surface area contributed by atoms with Crippen molar-refractivity contribution in [3.63, 3.8) is 0 Å². The molecule has 0 aliphatic rings. The van der Waals surface area contributed by atoms with Gasteiger partial charge in [0, 0.05) is 19.3 Å². The van der Waals surface area contributed by atoms with E-state index in [4.69, 9.17) is 32.3 Å². The van der Waals surface area contributed by atoms with E-state index in [9.17, 15) is 43.5 Å². The molecule has 5 unspecified atom stereocenters. The highest BCUT2D eigenvalue weighted by Crippen LogP contribution is 2.45. The Hall–Kier alpha value is -3.79. The highest BCUT2D eigenvalue weighted by molar-refractivity contribution is 7.47. The van der Waals surface area contributed by atoms with E-state index in [0.29, 0.717) is 19.3 Å². The predicted octanol–water partition coefficient (Wildman–Crippen LogP) is 18.1. The van der Waals surface area contributed by atoms with Gasteiger partial charge in [0.1, 0.15) is 25.4 Å². The summed E-state index contributed by atoms with van der Waals surface area (Å²) in [4.78, 5) is 58.3. The van der Waals surface area contributed by atoms with E-state index in [-0.39, 0.29) is 19.3 Å². The van der Waals surface area contributed by atoms with Gasteiger partial charge in [0.05, 0.1) is 26.4 Å². The number of hydrogen-bond donors (Lipinski definition) is 4. The second kappa shape index (κ2) is 62.4. The summed E-state index contributed by atoms with van der Waals surface area (Å²) in [5, 5.41) is 20.5. The maximum absolute atomic E-state index is 12.9. The number of esters is 3. The summed E-state index contributed by atoms with van der Waals surface area (Å²) in [5.41, 5.74) is 0. The van der Waals surface area contributed by atoms with Crippen molar-refractivity contribution in [2.45, 2.75) is 270 Å². The van der Waals surface area contributed by atoms with Crippen molar-refractivity contribution < 1.29 is 75.8 Å². The van der Waals surface area contributed by atoms with Gasteiger partial charge in [-0.15, -0.1) is 0 Å². The molecular formula is C69H118O16P2. The van der Waals surface area contributed by atoms with E-state index in [0.717, 1.165) is 173 Å². The van der Waals surface area contributed by atoms with Gasteiger partial charge in [-0.25, -0.2) is 9.13 Å². The minimum Gasteiger partial charge on any atom is -0.463 e. The molecule has 0 aromatic heterocycles. The first-order chi connectivity index (χ1) is 42.2. The van der Waals surface area contributed by atoms with Crippen LogP contribution in [-0.4, -0.2) is 95.9 Å². The highest BCUT2D eigenvalue weighted by Gasteiger charge is 2.29. The minimum atomic E-state index is -4.93. The van der Waals surface area contributed by atoms with Gasteiger partial charge in [0.2, 0.25) is 0 Å².